The maximum atomic E-state index is 14.2. The third-order valence-corrected chi connectivity index (χ3v) is 8.87. The summed E-state index contributed by atoms with van der Waals surface area (Å²) >= 11 is 0. The summed E-state index contributed by atoms with van der Waals surface area (Å²) in [7, 11) is 0. The zero-order valence-electron chi connectivity index (χ0n) is 26.6. The fourth-order valence-corrected chi connectivity index (χ4v) is 6.69. The van der Waals surface area contributed by atoms with Gasteiger partial charge in [0.25, 0.3) is 5.91 Å². The molecule has 5 aromatic carbocycles. The number of rotatable bonds is 8. The van der Waals surface area contributed by atoms with Gasteiger partial charge in [0.15, 0.2) is 0 Å². The van der Waals surface area contributed by atoms with E-state index in [0.29, 0.717) is 22.7 Å². The van der Waals surface area contributed by atoms with Crippen molar-refractivity contribution >= 4 is 46.8 Å². The number of hydrogen-bond donors (Lipinski definition) is 2. The SMILES string of the molecule is CCN(CC)c1cc2c(cc1C)C1(c3ccc(N)cc3O2)c2ccccc2C(=O)N1/N=C/C=N/c1ccc(Nc2ccccc2)cc1. The van der Waals surface area contributed by atoms with Gasteiger partial charge in [-0.25, -0.2) is 5.01 Å². The quantitative estimate of drug-likeness (QED) is 0.134. The molecule has 0 saturated heterocycles. The van der Waals surface area contributed by atoms with Crippen LogP contribution in [0.1, 0.15) is 46.5 Å². The van der Waals surface area contributed by atoms with Crippen LogP contribution in [0.5, 0.6) is 11.5 Å². The third-order valence-electron chi connectivity index (χ3n) is 8.87. The van der Waals surface area contributed by atoms with Gasteiger partial charge in [0.2, 0.25) is 0 Å². The van der Waals surface area contributed by atoms with Gasteiger partial charge in [0.1, 0.15) is 17.0 Å². The van der Waals surface area contributed by atoms with Crippen LogP contribution in [-0.4, -0.2) is 36.4 Å². The number of para-hydroxylation sites is 1. The molecule has 8 nitrogen and oxygen atoms in total. The lowest BCUT2D eigenvalue weighted by molar-refractivity contribution is 0.0675. The smallest absolute Gasteiger partial charge is 0.275 e. The largest absolute Gasteiger partial charge is 0.456 e. The van der Waals surface area contributed by atoms with E-state index in [-0.39, 0.29) is 5.91 Å². The van der Waals surface area contributed by atoms with E-state index in [1.165, 1.54) is 0 Å². The summed E-state index contributed by atoms with van der Waals surface area (Å²) in [6.07, 6.45) is 3.19. The third kappa shape index (κ3) is 5.08. The van der Waals surface area contributed by atoms with Gasteiger partial charge < -0.3 is 20.7 Å². The first-order valence-corrected chi connectivity index (χ1v) is 15.8. The normalized spacial score (nSPS) is 16.3. The van der Waals surface area contributed by atoms with Gasteiger partial charge in [-0.15, -0.1) is 0 Å². The van der Waals surface area contributed by atoms with Crippen molar-refractivity contribution < 1.29 is 9.53 Å². The Labute approximate surface area is 274 Å². The number of benzene rings is 5. The number of fused-ring (bicyclic) bond motifs is 6. The van der Waals surface area contributed by atoms with Crippen LogP contribution in [0.15, 0.2) is 119 Å². The van der Waals surface area contributed by atoms with Gasteiger partial charge in [0, 0.05) is 76.4 Å². The molecule has 0 aromatic heterocycles. The Kier molecular flexibility index (Phi) is 7.69. The molecular weight excluding hydrogens is 584 g/mol. The Morgan fingerprint density at radius 1 is 0.809 bits per heavy atom. The highest BCUT2D eigenvalue weighted by Crippen LogP contribution is 2.58. The van der Waals surface area contributed by atoms with Crippen molar-refractivity contribution in [1.82, 2.24) is 5.01 Å². The minimum Gasteiger partial charge on any atom is -0.456 e. The average Bonchev–Trinajstić information content (AvgIpc) is 3.33. The highest BCUT2D eigenvalue weighted by molar-refractivity contribution is 6.17. The minimum absolute atomic E-state index is 0.206. The monoisotopic (exact) mass is 620 g/mol. The zero-order chi connectivity index (χ0) is 32.5. The number of nitrogens with zero attached hydrogens (tertiary/aromatic N) is 4. The van der Waals surface area contributed by atoms with Crippen LogP contribution in [0.3, 0.4) is 0 Å². The van der Waals surface area contributed by atoms with Crippen molar-refractivity contribution in [3.8, 4) is 11.5 Å². The number of carbonyl (C=O) groups excluding carboxylic acids is 1. The molecule has 0 radical (unpaired) electrons. The van der Waals surface area contributed by atoms with Gasteiger partial charge in [0.05, 0.1) is 11.9 Å². The summed E-state index contributed by atoms with van der Waals surface area (Å²) in [5.74, 6) is 1.05. The molecule has 2 aliphatic heterocycles. The molecule has 7 rings (SSSR count). The number of aryl methyl sites for hydroxylation is 1. The van der Waals surface area contributed by atoms with E-state index >= 15 is 0 Å². The summed E-state index contributed by atoms with van der Waals surface area (Å²) in [4.78, 5) is 21.1. The first-order valence-electron chi connectivity index (χ1n) is 15.8. The molecular formula is C39H36N6O2. The lowest BCUT2D eigenvalue weighted by atomic mass is 9.74. The van der Waals surface area contributed by atoms with Crippen LogP contribution in [-0.2, 0) is 5.54 Å². The Hall–Kier alpha value is -5.89. The molecule has 5 aromatic rings. The van der Waals surface area contributed by atoms with Crippen LogP contribution in [0.2, 0.25) is 0 Å². The van der Waals surface area contributed by atoms with E-state index in [4.69, 9.17) is 15.6 Å². The van der Waals surface area contributed by atoms with Crippen molar-refractivity contribution in [3.05, 3.63) is 137 Å². The number of hydrogen-bond acceptors (Lipinski definition) is 7. The van der Waals surface area contributed by atoms with Gasteiger partial charge in [-0.05, 0) is 80.9 Å². The van der Waals surface area contributed by atoms with Crippen molar-refractivity contribution in [3.63, 3.8) is 0 Å². The van der Waals surface area contributed by atoms with Gasteiger partial charge in [-0.3, -0.25) is 9.79 Å². The van der Waals surface area contributed by atoms with E-state index in [9.17, 15) is 4.79 Å². The molecule has 2 aliphatic rings. The fourth-order valence-electron chi connectivity index (χ4n) is 6.69. The van der Waals surface area contributed by atoms with Crippen LogP contribution < -0.4 is 20.7 Å². The number of ether oxygens (including phenoxy) is 1. The van der Waals surface area contributed by atoms with Gasteiger partial charge >= 0.3 is 0 Å². The van der Waals surface area contributed by atoms with Crippen molar-refractivity contribution in [2.75, 3.05) is 29.0 Å². The van der Waals surface area contributed by atoms with Crippen LogP contribution in [0.25, 0.3) is 0 Å². The topological polar surface area (TPSA) is 95.5 Å². The highest BCUT2D eigenvalue weighted by atomic mass is 16.5. The maximum absolute atomic E-state index is 14.2. The number of carbonyl (C=O) groups is 1. The summed E-state index contributed by atoms with van der Waals surface area (Å²) in [6, 6.07) is 35.3. The molecule has 1 spiro atoms. The van der Waals surface area contributed by atoms with E-state index < -0.39 is 5.54 Å². The van der Waals surface area contributed by atoms with E-state index in [1.54, 1.807) is 17.4 Å². The van der Waals surface area contributed by atoms with Crippen molar-refractivity contribution in [2.24, 2.45) is 10.1 Å². The maximum Gasteiger partial charge on any atom is 0.275 e. The molecule has 3 N–H and O–H groups in total. The molecule has 1 atom stereocenters. The van der Waals surface area contributed by atoms with E-state index in [2.05, 4.69) is 48.1 Å². The zero-order valence-corrected chi connectivity index (χ0v) is 26.6. The Balaban J connectivity index is 1.30. The summed E-state index contributed by atoms with van der Waals surface area (Å²) in [5, 5.41) is 9.78. The second-order valence-electron chi connectivity index (χ2n) is 11.6. The first kappa shape index (κ1) is 29.8. The molecule has 0 bridgehead atoms. The molecule has 0 saturated carbocycles. The Morgan fingerprint density at radius 3 is 2.28 bits per heavy atom. The number of nitrogens with two attached hydrogens (primary N) is 1. The fraction of sp³-hybridized carbons (Fsp3) is 0.154. The van der Waals surface area contributed by atoms with Crippen LogP contribution in [0, 0.1) is 6.92 Å². The number of anilines is 4. The summed E-state index contributed by atoms with van der Waals surface area (Å²) < 4.78 is 6.58. The average molecular weight is 621 g/mol. The van der Waals surface area contributed by atoms with Crippen molar-refractivity contribution in [2.45, 2.75) is 26.3 Å². The first-order chi connectivity index (χ1) is 22.9. The standard InChI is InChI=1S/C39H36N6O2/c1-4-44(5-2)35-25-37-34(23-26(35)3)39(33-20-15-27(40)24-36(33)47-37)32-14-10-9-13-31(32)38(46)45(39)42-22-21-41-28-16-18-30(19-17-28)43-29-11-7-6-8-12-29/h6-25,43H,4-5,40H2,1-3H3/b41-21+,42-22+. The molecule has 47 heavy (non-hydrogen) atoms. The molecule has 2 heterocycles. The lowest BCUT2D eigenvalue weighted by Crippen LogP contribution is -2.44. The molecule has 234 valence electrons. The Morgan fingerprint density at radius 2 is 1.51 bits per heavy atom. The van der Waals surface area contributed by atoms with Gasteiger partial charge in [-0.1, -0.05) is 42.5 Å². The predicted octanol–water partition coefficient (Wildman–Crippen LogP) is 8.41. The van der Waals surface area contributed by atoms with Crippen LogP contribution in [0.4, 0.5) is 28.4 Å². The number of amides is 1. The molecule has 0 aliphatic carbocycles. The van der Waals surface area contributed by atoms with E-state index in [0.717, 1.165) is 58.1 Å². The molecule has 0 fully saturated rings. The summed E-state index contributed by atoms with van der Waals surface area (Å²) in [5.41, 5.74) is 13.7. The predicted molar refractivity (Wildman–Crippen MR) is 191 cm³/mol. The number of hydrazone groups is 1. The molecule has 1 unspecified atom stereocenters. The number of nitrogen functional groups attached to an aromatic ring is 1. The molecule has 8 heteroatoms. The minimum atomic E-state index is -1.08. The Bertz CT molecular complexity index is 2020. The highest BCUT2D eigenvalue weighted by Gasteiger charge is 2.57. The summed E-state index contributed by atoms with van der Waals surface area (Å²) in [6.45, 7) is 8.09. The van der Waals surface area contributed by atoms with Gasteiger partial charge in [-0.2, -0.15) is 5.10 Å². The molecule has 1 amide bonds. The van der Waals surface area contributed by atoms with Crippen molar-refractivity contribution in [1.29, 1.82) is 0 Å². The second kappa shape index (κ2) is 12.1. The second-order valence-corrected chi connectivity index (χ2v) is 11.6. The number of nitrogens with one attached hydrogen (secondary N) is 1. The lowest BCUT2D eigenvalue weighted by Gasteiger charge is -2.42. The van der Waals surface area contributed by atoms with Crippen LogP contribution >= 0.6 is 0 Å². The number of aliphatic imine (C=N–C) groups is 1. The van der Waals surface area contributed by atoms with E-state index in [1.807, 2.05) is 97.1 Å².